The summed E-state index contributed by atoms with van der Waals surface area (Å²) in [5.74, 6) is -1.02. The van der Waals surface area contributed by atoms with Crippen LogP contribution >= 0.6 is 34.5 Å². The van der Waals surface area contributed by atoms with Gasteiger partial charge in [0.1, 0.15) is 16.4 Å². The highest BCUT2D eigenvalue weighted by molar-refractivity contribution is 7.19. The molecule has 0 saturated heterocycles. The van der Waals surface area contributed by atoms with Crippen molar-refractivity contribution in [2.24, 2.45) is 17.8 Å². The predicted octanol–water partition coefficient (Wildman–Crippen LogP) is 6.32. The quantitative estimate of drug-likeness (QED) is 0.119. The highest BCUT2D eigenvalue weighted by atomic mass is 35.5. The lowest BCUT2D eigenvalue weighted by Crippen LogP contribution is -2.52. The summed E-state index contributed by atoms with van der Waals surface area (Å²) in [5.41, 5.74) is 1.54. The van der Waals surface area contributed by atoms with Crippen LogP contribution in [0.1, 0.15) is 32.6 Å². The van der Waals surface area contributed by atoms with Gasteiger partial charge < -0.3 is 24.5 Å². The molecule has 0 unspecified atom stereocenters. The third kappa shape index (κ3) is 5.76. The lowest BCUT2D eigenvalue weighted by Gasteiger charge is -2.47. The van der Waals surface area contributed by atoms with Crippen molar-refractivity contribution in [1.29, 1.82) is 0 Å². The third-order valence-electron chi connectivity index (χ3n) is 7.70. The average molecular weight is 622 g/mol. The molecule has 216 valence electrons. The Hall–Kier alpha value is -2.90. The fraction of sp³-hybridized carbons (Fsp3) is 0.444. The largest absolute Gasteiger partial charge is 0.438 e. The first-order chi connectivity index (χ1) is 19.9. The standard InChI is InChI=1S/C27H27Cl2FN6O4S/c1-2-38-11-39-12-40-27(37)19-13-3-5-14(6-4-13)21(19)34-25-20(30)23(16-7-8-18(29)41-16)35-24(36-25)15-9-31-26-22(15)33-17(28)10-32-26/h7-10,13-14,19,21H,2-6,11-12H2,1H3,(H,31,32)(H,34,35,36)/t13?,14?,19-,21-/m0/s1. The van der Waals surface area contributed by atoms with E-state index in [0.29, 0.717) is 32.5 Å². The van der Waals surface area contributed by atoms with E-state index in [-0.39, 0.29) is 59.9 Å². The van der Waals surface area contributed by atoms with Crippen LogP contribution in [0.5, 0.6) is 0 Å². The molecule has 14 heteroatoms. The van der Waals surface area contributed by atoms with Gasteiger partial charge in [0, 0.05) is 18.8 Å². The van der Waals surface area contributed by atoms with Crippen LogP contribution in [0.2, 0.25) is 9.49 Å². The number of anilines is 1. The zero-order valence-corrected chi connectivity index (χ0v) is 24.4. The number of aromatic nitrogens is 5. The second-order valence-corrected chi connectivity index (χ2v) is 12.1. The van der Waals surface area contributed by atoms with E-state index in [1.54, 1.807) is 18.3 Å². The normalized spacial score (nSPS) is 21.9. The van der Waals surface area contributed by atoms with Crippen LogP contribution < -0.4 is 5.32 Å². The molecule has 4 aromatic heterocycles. The summed E-state index contributed by atoms with van der Waals surface area (Å²) in [6, 6.07) is 3.02. The molecule has 0 aliphatic heterocycles. The van der Waals surface area contributed by atoms with Crippen molar-refractivity contribution in [1.82, 2.24) is 24.9 Å². The van der Waals surface area contributed by atoms with Gasteiger partial charge >= 0.3 is 5.97 Å². The number of rotatable bonds is 10. The Kier molecular flexibility index (Phi) is 8.36. The molecule has 10 nitrogen and oxygen atoms in total. The van der Waals surface area contributed by atoms with Crippen LogP contribution in [0.3, 0.4) is 0 Å². The molecule has 0 spiro atoms. The molecule has 2 N–H and O–H groups in total. The molecular formula is C27H27Cl2FN6O4S. The Balaban J connectivity index is 1.37. The maximum Gasteiger partial charge on any atom is 0.313 e. The molecule has 3 aliphatic rings. The first kappa shape index (κ1) is 28.2. The number of nitrogens with zero attached hydrogens (tertiary/aromatic N) is 4. The molecule has 0 radical (unpaired) electrons. The number of fused-ring (bicyclic) bond motifs is 4. The number of aromatic amines is 1. The number of hydrogen-bond donors (Lipinski definition) is 2. The van der Waals surface area contributed by atoms with Crippen LogP contribution in [0.4, 0.5) is 10.2 Å². The van der Waals surface area contributed by atoms with Crippen LogP contribution in [0.15, 0.2) is 24.5 Å². The first-order valence-electron chi connectivity index (χ1n) is 13.3. The summed E-state index contributed by atoms with van der Waals surface area (Å²) in [4.78, 5) is 34.7. The monoisotopic (exact) mass is 620 g/mol. The number of halogens is 3. The summed E-state index contributed by atoms with van der Waals surface area (Å²) < 4.78 is 32.5. The number of carbonyl (C=O) groups excluding carboxylic acids is 1. The van der Waals surface area contributed by atoms with Crippen molar-refractivity contribution >= 4 is 57.5 Å². The summed E-state index contributed by atoms with van der Waals surface area (Å²) in [6.45, 7) is 2.17. The van der Waals surface area contributed by atoms with Gasteiger partial charge in [-0.15, -0.1) is 11.3 Å². The van der Waals surface area contributed by atoms with E-state index in [1.807, 2.05) is 6.92 Å². The number of H-pyrrole nitrogens is 1. The maximum absolute atomic E-state index is 16.2. The molecular weight excluding hydrogens is 594 g/mol. The zero-order chi connectivity index (χ0) is 28.5. The number of carbonyl (C=O) groups is 1. The summed E-state index contributed by atoms with van der Waals surface area (Å²) in [7, 11) is 0. The molecule has 4 aromatic rings. The number of nitrogens with one attached hydrogen (secondary N) is 2. The minimum atomic E-state index is -0.634. The van der Waals surface area contributed by atoms with Gasteiger partial charge in [-0.05, 0) is 56.6 Å². The van der Waals surface area contributed by atoms with Gasteiger partial charge in [-0.1, -0.05) is 23.2 Å². The minimum Gasteiger partial charge on any atom is -0.438 e. The molecule has 4 heterocycles. The molecule has 3 aliphatic carbocycles. The Labute approximate surface area is 249 Å². The van der Waals surface area contributed by atoms with Gasteiger partial charge in [-0.3, -0.25) is 4.79 Å². The molecule has 2 atom stereocenters. The number of hydrogen-bond acceptors (Lipinski definition) is 10. The fourth-order valence-corrected chi connectivity index (χ4v) is 6.99. The van der Waals surface area contributed by atoms with Gasteiger partial charge in [0.2, 0.25) is 0 Å². The fourth-order valence-electron chi connectivity index (χ4n) is 5.83. The molecule has 0 aromatic carbocycles. The van der Waals surface area contributed by atoms with Crippen molar-refractivity contribution in [2.45, 2.75) is 38.6 Å². The topological polar surface area (TPSA) is 124 Å². The van der Waals surface area contributed by atoms with Crippen molar-refractivity contribution in [3.8, 4) is 22.0 Å². The van der Waals surface area contributed by atoms with Crippen molar-refractivity contribution in [3.63, 3.8) is 0 Å². The number of ether oxygens (including phenoxy) is 3. The third-order valence-corrected chi connectivity index (χ3v) is 9.12. The Morgan fingerprint density at radius 2 is 1.93 bits per heavy atom. The molecule has 7 rings (SSSR count). The molecule has 2 bridgehead atoms. The van der Waals surface area contributed by atoms with E-state index in [4.69, 9.17) is 37.4 Å². The van der Waals surface area contributed by atoms with E-state index >= 15 is 4.39 Å². The van der Waals surface area contributed by atoms with Gasteiger partial charge in [-0.25, -0.2) is 24.3 Å². The molecule has 41 heavy (non-hydrogen) atoms. The smallest absolute Gasteiger partial charge is 0.313 e. The minimum absolute atomic E-state index is 0.0122. The van der Waals surface area contributed by atoms with Crippen molar-refractivity contribution < 1.29 is 23.4 Å². The zero-order valence-electron chi connectivity index (χ0n) is 22.0. The van der Waals surface area contributed by atoms with Gasteiger partial charge in [-0.2, -0.15) is 0 Å². The molecule has 0 amide bonds. The number of thiophene rings is 1. The molecule has 3 saturated carbocycles. The van der Waals surface area contributed by atoms with E-state index in [2.05, 4.69) is 30.2 Å². The van der Waals surface area contributed by atoms with E-state index in [9.17, 15) is 4.79 Å². The first-order valence-corrected chi connectivity index (χ1v) is 14.9. The van der Waals surface area contributed by atoms with Crippen molar-refractivity contribution in [2.75, 3.05) is 25.5 Å². The maximum atomic E-state index is 16.2. The predicted molar refractivity (Wildman–Crippen MR) is 153 cm³/mol. The van der Waals surface area contributed by atoms with Crippen LogP contribution in [-0.2, 0) is 19.0 Å². The van der Waals surface area contributed by atoms with Gasteiger partial charge in [0.05, 0.1) is 26.9 Å². The second kappa shape index (κ2) is 12.1. The second-order valence-electron chi connectivity index (χ2n) is 10.0. The SMILES string of the molecule is CCOCOCOC(=O)[C@H]1C2CCC(CC2)[C@@H]1Nc1nc(-c2c[nH]c3ncc(Cl)nc23)nc(-c2ccc(Cl)s2)c1F. The van der Waals surface area contributed by atoms with Crippen LogP contribution in [-0.4, -0.2) is 57.1 Å². The summed E-state index contributed by atoms with van der Waals surface area (Å²) >= 11 is 13.5. The Bertz CT molecular complexity index is 1560. The Morgan fingerprint density at radius 1 is 1.12 bits per heavy atom. The van der Waals surface area contributed by atoms with Gasteiger partial charge in [0.15, 0.2) is 36.7 Å². The van der Waals surface area contributed by atoms with Crippen LogP contribution in [0, 0.1) is 23.6 Å². The number of esters is 1. The lowest BCUT2D eigenvalue weighted by molar-refractivity contribution is -0.177. The Morgan fingerprint density at radius 3 is 2.68 bits per heavy atom. The summed E-state index contributed by atoms with van der Waals surface area (Å²) in [6.07, 6.45) is 6.77. The van der Waals surface area contributed by atoms with E-state index in [1.165, 1.54) is 17.5 Å². The highest BCUT2D eigenvalue weighted by Gasteiger charge is 2.48. The lowest BCUT2D eigenvalue weighted by atomic mass is 9.61. The van der Waals surface area contributed by atoms with Crippen molar-refractivity contribution in [3.05, 3.63) is 39.8 Å². The van der Waals surface area contributed by atoms with Gasteiger partial charge in [0.25, 0.3) is 0 Å². The van der Waals surface area contributed by atoms with E-state index < -0.39 is 11.7 Å². The van der Waals surface area contributed by atoms with E-state index in [0.717, 1.165) is 25.7 Å². The highest BCUT2D eigenvalue weighted by Crippen LogP contribution is 2.47. The molecule has 3 fully saturated rings. The average Bonchev–Trinajstić information content (AvgIpc) is 3.60. The summed E-state index contributed by atoms with van der Waals surface area (Å²) in [5, 5.41) is 3.51. The van der Waals surface area contributed by atoms with Crippen LogP contribution in [0.25, 0.3) is 33.1 Å².